The first-order chi connectivity index (χ1) is 12.0. The number of rotatable bonds is 7. The van der Waals surface area contributed by atoms with Crippen LogP contribution < -0.4 is 21.7 Å². The van der Waals surface area contributed by atoms with Gasteiger partial charge in [0.15, 0.2) is 0 Å². The number of carbonyl (C=O) groups is 3. The molecule has 0 aromatic heterocycles. The number of nitrogens with one attached hydrogen (secondary N) is 3. The van der Waals surface area contributed by atoms with Crippen molar-refractivity contribution in [1.29, 1.82) is 0 Å². The van der Waals surface area contributed by atoms with Gasteiger partial charge in [-0.3, -0.25) is 14.4 Å². The monoisotopic (exact) mass is 340 g/mol. The third-order valence-corrected chi connectivity index (χ3v) is 3.37. The zero-order valence-corrected chi connectivity index (χ0v) is 13.8. The summed E-state index contributed by atoms with van der Waals surface area (Å²) in [5.74, 6) is -0.961. The number of benzene rings is 2. The Bertz CT molecular complexity index is 772. The van der Waals surface area contributed by atoms with Gasteiger partial charge in [0.2, 0.25) is 11.8 Å². The van der Waals surface area contributed by atoms with Crippen LogP contribution in [0.2, 0.25) is 0 Å². The third kappa shape index (κ3) is 5.35. The van der Waals surface area contributed by atoms with E-state index >= 15 is 0 Å². The van der Waals surface area contributed by atoms with Crippen molar-refractivity contribution in [2.45, 2.75) is 6.92 Å². The second-order valence-electron chi connectivity index (χ2n) is 5.28. The van der Waals surface area contributed by atoms with E-state index in [1.165, 1.54) is 6.07 Å². The molecule has 0 saturated heterocycles. The smallest absolute Gasteiger partial charge is 0.251 e. The Morgan fingerprint density at radius 2 is 1.68 bits per heavy atom. The Morgan fingerprint density at radius 3 is 2.32 bits per heavy atom. The van der Waals surface area contributed by atoms with Crippen molar-refractivity contribution in [3.05, 3.63) is 59.7 Å². The van der Waals surface area contributed by atoms with E-state index in [9.17, 15) is 14.4 Å². The van der Waals surface area contributed by atoms with Crippen LogP contribution in [0.25, 0.3) is 0 Å². The fourth-order valence-electron chi connectivity index (χ4n) is 2.14. The zero-order chi connectivity index (χ0) is 18.2. The van der Waals surface area contributed by atoms with Crippen LogP contribution in [0.4, 0.5) is 11.4 Å². The molecule has 0 aliphatic carbocycles. The van der Waals surface area contributed by atoms with Crippen molar-refractivity contribution < 1.29 is 14.4 Å². The topological polar surface area (TPSA) is 113 Å². The van der Waals surface area contributed by atoms with Gasteiger partial charge in [-0.15, -0.1) is 0 Å². The average Bonchev–Trinajstić information content (AvgIpc) is 2.61. The summed E-state index contributed by atoms with van der Waals surface area (Å²) in [4.78, 5) is 34.8. The van der Waals surface area contributed by atoms with Gasteiger partial charge in [-0.05, 0) is 49.4 Å². The molecule has 0 saturated carbocycles. The van der Waals surface area contributed by atoms with Crippen molar-refractivity contribution in [3.63, 3.8) is 0 Å². The first kappa shape index (κ1) is 18.0. The van der Waals surface area contributed by atoms with Crippen molar-refractivity contribution in [2.24, 2.45) is 5.73 Å². The summed E-state index contributed by atoms with van der Waals surface area (Å²) in [6.45, 7) is 2.46. The molecule has 2 aromatic carbocycles. The summed E-state index contributed by atoms with van der Waals surface area (Å²) in [5.41, 5.74) is 7.30. The van der Waals surface area contributed by atoms with Crippen molar-refractivity contribution in [2.75, 3.05) is 23.7 Å². The van der Waals surface area contributed by atoms with E-state index < -0.39 is 5.91 Å². The summed E-state index contributed by atoms with van der Waals surface area (Å²) in [5, 5.41) is 8.36. The lowest BCUT2D eigenvalue weighted by Gasteiger charge is -2.09. The lowest BCUT2D eigenvalue weighted by Crippen LogP contribution is -2.23. The highest BCUT2D eigenvalue weighted by Gasteiger charge is 2.06. The quantitative estimate of drug-likeness (QED) is 0.613. The number of primary amides is 1. The molecule has 0 spiro atoms. The Hall–Kier alpha value is -3.35. The highest BCUT2D eigenvalue weighted by Crippen LogP contribution is 2.11. The van der Waals surface area contributed by atoms with Gasteiger partial charge in [0.1, 0.15) is 0 Å². The van der Waals surface area contributed by atoms with Gasteiger partial charge >= 0.3 is 0 Å². The number of amides is 3. The molecule has 0 unspecified atom stereocenters. The zero-order valence-electron chi connectivity index (χ0n) is 13.8. The molecular formula is C18H20N4O3. The van der Waals surface area contributed by atoms with E-state index in [0.29, 0.717) is 29.0 Å². The fraction of sp³-hybridized carbons (Fsp3) is 0.167. The van der Waals surface area contributed by atoms with Crippen LogP contribution in [0, 0.1) is 0 Å². The number of hydrogen-bond donors (Lipinski definition) is 4. The van der Waals surface area contributed by atoms with Crippen molar-refractivity contribution in [1.82, 2.24) is 5.32 Å². The maximum absolute atomic E-state index is 12.0. The molecule has 7 nitrogen and oxygen atoms in total. The number of carbonyl (C=O) groups excluding carboxylic acids is 3. The molecule has 0 atom stereocenters. The molecule has 25 heavy (non-hydrogen) atoms. The van der Waals surface area contributed by atoms with Crippen LogP contribution in [0.5, 0.6) is 0 Å². The molecule has 2 aromatic rings. The minimum absolute atomic E-state index is 0.0430. The van der Waals surface area contributed by atoms with Gasteiger partial charge < -0.3 is 21.7 Å². The molecule has 0 radical (unpaired) electrons. The lowest BCUT2D eigenvalue weighted by molar-refractivity contribution is -0.114. The largest absolute Gasteiger partial charge is 0.376 e. The van der Waals surface area contributed by atoms with Gasteiger partial charge in [-0.25, -0.2) is 0 Å². The van der Waals surface area contributed by atoms with Gasteiger partial charge in [-0.1, -0.05) is 6.07 Å². The summed E-state index contributed by atoms with van der Waals surface area (Å²) < 4.78 is 0. The van der Waals surface area contributed by atoms with Gasteiger partial charge in [0.25, 0.3) is 5.91 Å². The Morgan fingerprint density at radius 1 is 0.960 bits per heavy atom. The normalized spacial score (nSPS) is 9.96. The van der Waals surface area contributed by atoms with Crippen LogP contribution in [-0.4, -0.2) is 30.8 Å². The molecule has 3 amide bonds. The third-order valence-electron chi connectivity index (χ3n) is 3.37. The average molecular weight is 340 g/mol. The second-order valence-corrected chi connectivity index (χ2v) is 5.28. The van der Waals surface area contributed by atoms with E-state index in [1.54, 1.807) is 42.5 Å². The van der Waals surface area contributed by atoms with Crippen LogP contribution in [0.3, 0.4) is 0 Å². The fourth-order valence-corrected chi connectivity index (χ4v) is 2.14. The van der Waals surface area contributed by atoms with E-state index in [0.717, 1.165) is 0 Å². The van der Waals surface area contributed by atoms with Gasteiger partial charge in [-0.2, -0.15) is 0 Å². The number of hydrogen-bond acceptors (Lipinski definition) is 4. The highest BCUT2D eigenvalue weighted by atomic mass is 16.2. The maximum atomic E-state index is 12.0. The summed E-state index contributed by atoms with van der Waals surface area (Å²) >= 11 is 0. The van der Waals surface area contributed by atoms with E-state index in [2.05, 4.69) is 16.0 Å². The molecule has 5 N–H and O–H groups in total. The van der Waals surface area contributed by atoms with Crippen molar-refractivity contribution >= 4 is 29.1 Å². The highest BCUT2D eigenvalue weighted by molar-refractivity contribution is 5.97. The van der Waals surface area contributed by atoms with E-state index in [1.807, 2.05) is 6.92 Å². The SMILES string of the molecule is CCNC(=O)c1ccc(NCC(=O)Nc2cccc(C(N)=O)c2)cc1. The van der Waals surface area contributed by atoms with Crippen LogP contribution >= 0.6 is 0 Å². The standard InChI is InChI=1S/C18H20N4O3/c1-2-20-18(25)12-6-8-14(9-7-12)21-11-16(23)22-15-5-3-4-13(10-15)17(19)24/h3-10,21H,2,11H2,1H3,(H2,19,24)(H,20,25)(H,22,23). The predicted molar refractivity (Wildman–Crippen MR) is 96.5 cm³/mol. The minimum Gasteiger partial charge on any atom is -0.376 e. The molecule has 0 bridgehead atoms. The molecule has 0 fully saturated rings. The Balaban J connectivity index is 1.88. The van der Waals surface area contributed by atoms with E-state index in [-0.39, 0.29) is 18.4 Å². The van der Waals surface area contributed by atoms with Crippen LogP contribution in [0.15, 0.2) is 48.5 Å². The van der Waals surface area contributed by atoms with E-state index in [4.69, 9.17) is 5.73 Å². The second kappa shape index (κ2) is 8.49. The molecule has 0 heterocycles. The van der Waals surface area contributed by atoms with Gasteiger partial charge in [0.05, 0.1) is 6.54 Å². The molecule has 2 rings (SSSR count). The Labute approximate surface area is 145 Å². The molecular weight excluding hydrogens is 320 g/mol. The summed E-state index contributed by atoms with van der Waals surface area (Å²) in [6.07, 6.45) is 0. The first-order valence-electron chi connectivity index (χ1n) is 7.81. The summed E-state index contributed by atoms with van der Waals surface area (Å²) in [6, 6.07) is 13.2. The maximum Gasteiger partial charge on any atom is 0.251 e. The number of anilines is 2. The molecule has 130 valence electrons. The van der Waals surface area contributed by atoms with Crippen molar-refractivity contribution in [3.8, 4) is 0 Å². The molecule has 7 heteroatoms. The molecule has 0 aliphatic heterocycles. The lowest BCUT2D eigenvalue weighted by atomic mass is 10.2. The van der Waals surface area contributed by atoms with Gasteiger partial charge in [0, 0.05) is 29.0 Å². The summed E-state index contributed by atoms with van der Waals surface area (Å²) in [7, 11) is 0. The van der Waals surface area contributed by atoms with Crippen LogP contribution in [-0.2, 0) is 4.79 Å². The first-order valence-corrected chi connectivity index (χ1v) is 7.81. The number of nitrogens with two attached hydrogens (primary N) is 1. The Kier molecular flexibility index (Phi) is 6.11. The molecule has 0 aliphatic rings. The van der Waals surface area contributed by atoms with Crippen LogP contribution in [0.1, 0.15) is 27.6 Å². The predicted octanol–water partition coefficient (Wildman–Crippen LogP) is 1.59. The minimum atomic E-state index is -0.554.